The lowest BCUT2D eigenvalue weighted by atomic mass is 10.1. The number of hydrogen-bond acceptors (Lipinski definition) is 3. The molecule has 19 heavy (non-hydrogen) atoms. The van der Waals surface area contributed by atoms with Crippen LogP contribution in [0.25, 0.3) is 0 Å². The molecule has 1 aliphatic rings. The van der Waals surface area contributed by atoms with E-state index in [1.165, 1.54) is 10.5 Å². The fraction of sp³-hybridized carbons (Fsp3) is 0.400. The molecule has 0 amide bonds. The number of fused-ring (bicyclic) bond motifs is 1. The van der Waals surface area contributed by atoms with Crippen molar-refractivity contribution in [2.45, 2.75) is 43.6 Å². The van der Waals surface area contributed by atoms with Gasteiger partial charge in [-0.05, 0) is 31.9 Å². The molecule has 0 bridgehead atoms. The first-order valence-corrected chi connectivity index (χ1v) is 7.45. The van der Waals surface area contributed by atoms with E-state index in [2.05, 4.69) is 29.4 Å². The Bertz CT molecular complexity index is 581. The molecule has 0 fully saturated rings. The number of benzene rings is 1. The zero-order chi connectivity index (χ0) is 13.4. The monoisotopic (exact) mass is 274 g/mol. The number of aryl methyl sites for hydroxylation is 1. The molecule has 0 radical (unpaired) electrons. The summed E-state index contributed by atoms with van der Waals surface area (Å²) >= 11 is 1.94. The van der Waals surface area contributed by atoms with Crippen LogP contribution in [0.1, 0.15) is 22.5 Å². The third kappa shape index (κ3) is 2.30. The summed E-state index contributed by atoms with van der Waals surface area (Å²) in [5.41, 5.74) is 4.46. The zero-order valence-electron chi connectivity index (χ0n) is 11.3. The van der Waals surface area contributed by atoms with Crippen LogP contribution in [-0.2, 0) is 19.6 Å². The van der Waals surface area contributed by atoms with E-state index in [1.807, 2.05) is 30.3 Å². The lowest BCUT2D eigenvalue weighted by Crippen LogP contribution is -2.14. The Labute approximate surface area is 117 Å². The van der Waals surface area contributed by atoms with Gasteiger partial charge in [0.2, 0.25) is 0 Å². The standard InChI is InChI=1S/C15H18N2OS/c1-10-14(9-18)11(2)17(16-10)8-13-7-12-5-3-4-6-15(12)19-13/h3-6,13,18H,7-9H2,1-2H3. The van der Waals surface area contributed by atoms with Crippen LogP contribution in [0.2, 0.25) is 0 Å². The second kappa shape index (κ2) is 5.02. The van der Waals surface area contributed by atoms with Gasteiger partial charge in [0.15, 0.2) is 0 Å². The van der Waals surface area contributed by atoms with Crippen molar-refractivity contribution in [3.8, 4) is 0 Å². The van der Waals surface area contributed by atoms with Gasteiger partial charge in [0.05, 0.1) is 18.8 Å². The summed E-state index contributed by atoms with van der Waals surface area (Å²) in [4.78, 5) is 1.40. The lowest BCUT2D eigenvalue weighted by Gasteiger charge is -2.10. The number of hydrogen-bond donors (Lipinski definition) is 1. The molecule has 100 valence electrons. The van der Waals surface area contributed by atoms with E-state index in [4.69, 9.17) is 0 Å². The van der Waals surface area contributed by atoms with E-state index in [-0.39, 0.29) is 6.61 Å². The molecule has 1 atom stereocenters. The van der Waals surface area contributed by atoms with Crippen molar-refractivity contribution >= 4 is 11.8 Å². The smallest absolute Gasteiger partial charge is 0.0718 e. The predicted molar refractivity (Wildman–Crippen MR) is 77.4 cm³/mol. The summed E-state index contributed by atoms with van der Waals surface area (Å²) in [5.74, 6) is 0. The third-order valence-electron chi connectivity index (χ3n) is 3.78. The molecule has 1 aromatic carbocycles. The fourth-order valence-electron chi connectivity index (χ4n) is 2.69. The summed E-state index contributed by atoms with van der Waals surface area (Å²) in [5, 5.41) is 14.5. The molecule has 0 saturated carbocycles. The molecule has 1 aliphatic heterocycles. The first-order valence-electron chi connectivity index (χ1n) is 6.57. The average Bonchev–Trinajstić information content (AvgIpc) is 2.91. The summed E-state index contributed by atoms with van der Waals surface area (Å²) in [6, 6.07) is 8.61. The first-order chi connectivity index (χ1) is 9.19. The maximum atomic E-state index is 9.36. The summed E-state index contributed by atoms with van der Waals surface area (Å²) in [7, 11) is 0. The van der Waals surface area contributed by atoms with Gasteiger partial charge >= 0.3 is 0 Å². The summed E-state index contributed by atoms with van der Waals surface area (Å²) < 4.78 is 2.05. The van der Waals surface area contributed by atoms with Crippen LogP contribution in [0.3, 0.4) is 0 Å². The number of rotatable bonds is 3. The molecule has 1 aromatic heterocycles. The van der Waals surface area contributed by atoms with Gasteiger partial charge in [-0.3, -0.25) is 4.68 Å². The molecular weight excluding hydrogens is 256 g/mol. The minimum absolute atomic E-state index is 0.0791. The van der Waals surface area contributed by atoms with Crippen LogP contribution in [0.15, 0.2) is 29.2 Å². The number of aliphatic hydroxyl groups is 1. The Morgan fingerprint density at radius 1 is 1.37 bits per heavy atom. The van der Waals surface area contributed by atoms with Crippen molar-refractivity contribution < 1.29 is 5.11 Å². The molecule has 0 saturated heterocycles. The lowest BCUT2D eigenvalue weighted by molar-refractivity contribution is 0.280. The molecule has 1 N–H and O–H groups in total. The van der Waals surface area contributed by atoms with Crippen molar-refractivity contribution in [2.75, 3.05) is 0 Å². The van der Waals surface area contributed by atoms with E-state index in [0.29, 0.717) is 5.25 Å². The molecule has 3 rings (SSSR count). The van der Waals surface area contributed by atoms with E-state index in [1.54, 1.807) is 0 Å². The third-order valence-corrected chi connectivity index (χ3v) is 5.08. The SMILES string of the molecule is Cc1nn(CC2Cc3ccccc3S2)c(C)c1CO. The number of nitrogens with zero attached hydrogens (tertiary/aromatic N) is 2. The van der Waals surface area contributed by atoms with Crippen molar-refractivity contribution in [3.05, 3.63) is 46.8 Å². The van der Waals surface area contributed by atoms with Gasteiger partial charge in [0, 0.05) is 21.4 Å². The minimum Gasteiger partial charge on any atom is -0.392 e. The second-order valence-electron chi connectivity index (χ2n) is 5.04. The quantitative estimate of drug-likeness (QED) is 0.935. The van der Waals surface area contributed by atoms with Gasteiger partial charge in [-0.25, -0.2) is 0 Å². The van der Waals surface area contributed by atoms with Crippen LogP contribution < -0.4 is 0 Å². The molecular formula is C15H18N2OS. The summed E-state index contributed by atoms with van der Waals surface area (Å²) in [6.45, 7) is 4.99. The molecule has 0 spiro atoms. The molecule has 3 nitrogen and oxygen atoms in total. The van der Waals surface area contributed by atoms with Crippen molar-refractivity contribution in [1.82, 2.24) is 9.78 Å². The highest BCUT2D eigenvalue weighted by molar-refractivity contribution is 8.00. The fourth-order valence-corrected chi connectivity index (χ4v) is 3.99. The highest BCUT2D eigenvalue weighted by atomic mass is 32.2. The van der Waals surface area contributed by atoms with Gasteiger partial charge < -0.3 is 5.11 Å². The Hall–Kier alpha value is -1.26. The number of thioether (sulfide) groups is 1. The topological polar surface area (TPSA) is 38.0 Å². The largest absolute Gasteiger partial charge is 0.392 e. The zero-order valence-corrected chi connectivity index (χ0v) is 12.1. The van der Waals surface area contributed by atoms with Gasteiger partial charge in [-0.15, -0.1) is 11.8 Å². The van der Waals surface area contributed by atoms with Crippen LogP contribution >= 0.6 is 11.8 Å². The highest BCUT2D eigenvalue weighted by Crippen LogP contribution is 2.37. The van der Waals surface area contributed by atoms with Crippen LogP contribution in [0, 0.1) is 13.8 Å². The normalized spacial score (nSPS) is 17.7. The molecule has 2 aromatic rings. The van der Waals surface area contributed by atoms with Gasteiger partial charge in [0.1, 0.15) is 0 Å². The van der Waals surface area contributed by atoms with Gasteiger partial charge in [0.25, 0.3) is 0 Å². The molecule has 0 aliphatic carbocycles. The number of aliphatic hydroxyl groups excluding tert-OH is 1. The number of aromatic nitrogens is 2. The van der Waals surface area contributed by atoms with Crippen molar-refractivity contribution in [2.24, 2.45) is 0 Å². The minimum atomic E-state index is 0.0791. The summed E-state index contributed by atoms with van der Waals surface area (Å²) in [6.07, 6.45) is 1.10. The molecule has 2 heterocycles. The first kappa shape index (κ1) is 12.8. The Balaban J connectivity index is 1.78. The Morgan fingerprint density at radius 2 is 2.16 bits per heavy atom. The second-order valence-corrected chi connectivity index (χ2v) is 6.38. The average molecular weight is 274 g/mol. The maximum Gasteiger partial charge on any atom is 0.0718 e. The van der Waals surface area contributed by atoms with E-state index in [0.717, 1.165) is 29.9 Å². The highest BCUT2D eigenvalue weighted by Gasteiger charge is 2.23. The predicted octanol–water partition coefficient (Wildman–Crippen LogP) is 2.71. The molecule has 1 unspecified atom stereocenters. The maximum absolute atomic E-state index is 9.36. The van der Waals surface area contributed by atoms with Crippen LogP contribution in [0.5, 0.6) is 0 Å². The molecule has 4 heteroatoms. The van der Waals surface area contributed by atoms with Crippen LogP contribution in [-0.4, -0.2) is 20.1 Å². The van der Waals surface area contributed by atoms with Gasteiger partial charge in [-0.2, -0.15) is 5.10 Å². The van der Waals surface area contributed by atoms with Crippen LogP contribution in [0.4, 0.5) is 0 Å². The van der Waals surface area contributed by atoms with E-state index < -0.39 is 0 Å². The van der Waals surface area contributed by atoms with Crippen molar-refractivity contribution in [1.29, 1.82) is 0 Å². The van der Waals surface area contributed by atoms with E-state index in [9.17, 15) is 5.11 Å². The van der Waals surface area contributed by atoms with Crippen molar-refractivity contribution in [3.63, 3.8) is 0 Å². The van der Waals surface area contributed by atoms with Gasteiger partial charge in [-0.1, -0.05) is 18.2 Å². The van der Waals surface area contributed by atoms with E-state index >= 15 is 0 Å². The Kier molecular flexibility index (Phi) is 3.37. The Morgan fingerprint density at radius 3 is 2.84 bits per heavy atom.